The number of carboxylic acid groups (broad SMARTS) is 1. The summed E-state index contributed by atoms with van der Waals surface area (Å²) in [5.74, 6) is -1.80. The summed E-state index contributed by atoms with van der Waals surface area (Å²) in [6.45, 7) is 2.01. The molecule has 0 aromatic heterocycles. The summed E-state index contributed by atoms with van der Waals surface area (Å²) in [6, 6.07) is 0. The Balaban J connectivity index is 4.83. The van der Waals surface area contributed by atoms with Crippen LogP contribution in [0.3, 0.4) is 0 Å². The molecule has 0 spiro atoms. The monoisotopic (exact) mass is 245 g/mol. The van der Waals surface area contributed by atoms with E-state index in [9.17, 15) is 19.8 Å². The molecule has 0 aromatic rings. The molecule has 0 aromatic carbocycles. The molecule has 17 heavy (non-hydrogen) atoms. The summed E-state index contributed by atoms with van der Waals surface area (Å²) in [6.07, 6.45) is 1.06. The molecule has 0 rings (SSSR count). The minimum atomic E-state index is -1.81. The van der Waals surface area contributed by atoms with E-state index in [1.165, 1.54) is 0 Å². The van der Waals surface area contributed by atoms with Gasteiger partial charge in [-0.3, -0.25) is 4.79 Å². The summed E-state index contributed by atoms with van der Waals surface area (Å²) < 4.78 is 0.321. The summed E-state index contributed by atoms with van der Waals surface area (Å²) >= 11 is 0. The number of hydrogen-bond acceptors (Lipinski definition) is 4. The predicted octanol–water partition coefficient (Wildman–Crippen LogP) is -0.677. The lowest BCUT2D eigenvalue weighted by Gasteiger charge is -2.34. The van der Waals surface area contributed by atoms with Crippen LogP contribution in [0.2, 0.25) is 0 Å². The molecule has 0 aliphatic heterocycles. The Morgan fingerprint density at radius 1 is 1.29 bits per heavy atom. The number of carbonyl (C=O) groups excluding carboxylic acids is 2. The fourth-order valence-electron chi connectivity index (χ4n) is 1.84. The summed E-state index contributed by atoms with van der Waals surface area (Å²) in [5, 5.41) is 20.9. The molecule has 0 aliphatic rings. The van der Waals surface area contributed by atoms with Crippen LogP contribution in [-0.4, -0.2) is 54.6 Å². The Hall–Kier alpha value is -0.940. The van der Waals surface area contributed by atoms with Gasteiger partial charge in [0.25, 0.3) is 0 Å². The van der Waals surface area contributed by atoms with Crippen molar-refractivity contribution in [1.29, 1.82) is 0 Å². The van der Waals surface area contributed by atoms with E-state index in [2.05, 4.69) is 0 Å². The molecule has 100 valence electrons. The zero-order chi connectivity index (χ0) is 13.7. The number of aliphatic carboxylic acids is 1. The van der Waals surface area contributed by atoms with Crippen LogP contribution in [0, 0.1) is 0 Å². The van der Waals surface area contributed by atoms with E-state index in [0.717, 1.165) is 6.42 Å². The second kappa shape index (κ2) is 6.12. The molecule has 5 nitrogen and oxygen atoms in total. The van der Waals surface area contributed by atoms with Gasteiger partial charge < -0.3 is 19.5 Å². The molecule has 0 saturated carbocycles. The molecule has 0 fully saturated rings. The third-order valence-electron chi connectivity index (χ3n) is 2.45. The first kappa shape index (κ1) is 16.1. The number of aliphatic hydroxyl groups is 1. The van der Waals surface area contributed by atoms with Crippen molar-refractivity contribution in [3.63, 3.8) is 0 Å². The van der Waals surface area contributed by atoms with Crippen molar-refractivity contribution in [1.82, 2.24) is 0 Å². The van der Waals surface area contributed by atoms with Gasteiger partial charge in [-0.1, -0.05) is 13.3 Å². The van der Waals surface area contributed by atoms with Crippen molar-refractivity contribution >= 4 is 11.8 Å². The second-order valence-electron chi connectivity index (χ2n) is 5.56. The average Bonchev–Trinajstić information content (AvgIpc) is 2.09. The number of nitrogens with zero attached hydrogens (tertiary/aromatic N) is 1. The highest BCUT2D eigenvalue weighted by molar-refractivity contribution is 5.90. The molecular weight excluding hydrogens is 222 g/mol. The molecule has 0 amide bonds. The van der Waals surface area contributed by atoms with Crippen LogP contribution in [0.25, 0.3) is 0 Å². The molecular formula is C12H23NO4. The van der Waals surface area contributed by atoms with E-state index in [-0.39, 0.29) is 13.0 Å². The zero-order valence-electron chi connectivity index (χ0n) is 11.2. The number of quaternary nitrogens is 1. The zero-order valence-corrected chi connectivity index (χ0v) is 11.2. The maximum absolute atomic E-state index is 11.9. The largest absolute Gasteiger partial charge is 0.550 e. The number of Topliss-reactive ketones (excluding diaryl/α,β-unsaturated/α-hetero) is 1. The molecule has 0 saturated heterocycles. The van der Waals surface area contributed by atoms with Crippen LogP contribution in [0.5, 0.6) is 0 Å². The number of hydrogen-bond donors (Lipinski definition) is 1. The lowest BCUT2D eigenvalue weighted by molar-refractivity contribution is -0.875. The number of rotatable bonds is 8. The lowest BCUT2D eigenvalue weighted by Crippen LogP contribution is -2.56. The van der Waals surface area contributed by atoms with E-state index in [0.29, 0.717) is 10.9 Å². The van der Waals surface area contributed by atoms with Crippen LogP contribution < -0.4 is 5.11 Å². The molecule has 0 radical (unpaired) electrons. The molecule has 1 N–H and O–H groups in total. The Morgan fingerprint density at radius 2 is 1.82 bits per heavy atom. The highest BCUT2D eigenvalue weighted by Crippen LogP contribution is 2.18. The maximum atomic E-state index is 11.9. The Kier molecular flexibility index (Phi) is 5.78. The molecule has 0 heterocycles. The number of unbranched alkanes of at least 4 members (excludes halogenated alkanes) is 1. The molecule has 0 unspecified atom stereocenters. The number of carboxylic acids is 1. The van der Waals surface area contributed by atoms with Crippen LogP contribution >= 0.6 is 0 Å². The van der Waals surface area contributed by atoms with Gasteiger partial charge in [-0.2, -0.15) is 0 Å². The quantitative estimate of drug-likeness (QED) is 0.575. The Morgan fingerprint density at radius 3 is 2.18 bits per heavy atom. The van der Waals surface area contributed by atoms with Crippen molar-refractivity contribution in [2.75, 3.05) is 27.7 Å². The number of carbonyl (C=O) groups is 2. The van der Waals surface area contributed by atoms with Gasteiger partial charge in [-0.25, -0.2) is 0 Å². The van der Waals surface area contributed by atoms with Crippen LogP contribution in [-0.2, 0) is 9.59 Å². The predicted molar refractivity (Wildman–Crippen MR) is 62.0 cm³/mol. The Bertz CT molecular complexity index is 283. The highest BCUT2D eigenvalue weighted by atomic mass is 16.4. The minimum absolute atomic E-state index is 0.0729. The number of likely N-dealkylation sites (N-methyl/N-ethyl adjacent to an activating group) is 1. The first-order valence-electron chi connectivity index (χ1n) is 5.87. The van der Waals surface area contributed by atoms with Gasteiger partial charge in [0.2, 0.25) is 0 Å². The Labute approximate surface area is 103 Å². The van der Waals surface area contributed by atoms with E-state index < -0.39 is 23.8 Å². The van der Waals surface area contributed by atoms with Gasteiger partial charge in [0.15, 0.2) is 11.4 Å². The van der Waals surface area contributed by atoms with Crippen LogP contribution in [0.1, 0.15) is 32.6 Å². The van der Waals surface area contributed by atoms with Crippen molar-refractivity contribution in [3.8, 4) is 0 Å². The van der Waals surface area contributed by atoms with Crippen molar-refractivity contribution in [2.45, 2.75) is 38.2 Å². The average molecular weight is 245 g/mol. The third kappa shape index (κ3) is 6.38. The second-order valence-corrected chi connectivity index (χ2v) is 5.56. The van der Waals surface area contributed by atoms with Crippen LogP contribution in [0.15, 0.2) is 0 Å². The summed E-state index contributed by atoms with van der Waals surface area (Å²) in [5.41, 5.74) is -1.81. The SMILES string of the molecule is CCCCC(=O)[C@@](O)(CC(=O)[O-])C[N+](C)(C)C. The third-order valence-corrected chi connectivity index (χ3v) is 2.45. The normalized spacial score (nSPS) is 15.4. The molecule has 1 atom stereocenters. The fourth-order valence-corrected chi connectivity index (χ4v) is 1.84. The van der Waals surface area contributed by atoms with E-state index in [4.69, 9.17) is 0 Å². The van der Waals surface area contributed by atoms with Crippen molar-refractivity contribution in [2.24, 2.45) is 0 Å². The van der Waals surface area contributed by atoms with E-state index >= 15 is 0 Å². The molecule has 0 aliphatic carbocycles. The van der Waals surface area contributed by atoms with E-state index in [1.54, 1.807) is 21.1 Å². The van der Waals surface area contributed by atoms with Crippen molar-refractivity contribution < 1.29 is 24.3 Å². The molecule has 5 heteroatoms. The van der Waals surface area contributed by atoms with Gasteiger partial charge in [-0.05, 0) is 6.42 Å². The smallest absolute Gasteiger partial charge is 0.177 e. The number of ketones is 1. The van der Waals surface area contributed by atoms with Gasteiger partial charge in [-0.15, -0.1) is 0 Å². The highest BCUT2D eigenvalue weighted by Gasteiger charge is 2.40. The van der Waals surface area contributed by atoms with Crippen molar-refractivity contribution in [3.05, 3.63) is 0 Å². The lowest BCUT2D eigenvalue weighted by atomic mass is 9.90. The van der Waals surface area contributed by atoms with E-state index in [1.807, 2.05) is 6.92 Å². The van der Waals surface area contributed by atoms with Gasteiger partial charge in [0.1, 0.15) is 6.54 Å². The summed E-state index contributed by atoms with van der Waals surface area (Å²) in [4.78, 5) is 22.5. The van der Waals surface area contributed by atoms with Gasteiger partial charge in [0.05, 0.1) is 21.1 Å². The first-order valence-corrected chi connectivity index (χ1v) is 5.87. The first-order chi connectivity index (χ1) is 7.60. The maximum Gasteiger partial charge on any atom is 0.177 e. The van der Waals surface area contributed by atoms with Gasteiger partial charge in [0, 0.05) is 18.8 Å². The fraction of sp³-hybridized carbons (Fsp3) is 0.833. The van der Waals surface area contributed by atoms with Crippen LogP contribution in [0.4, 0.5) is 0 Å². The van der Waals surface area contributed by atoms with Gasteiger partial charge >= 0.3 is 0 Å². The standard InChI is InChI=1S/C12H23NO4/c1-5-6-7-10(14)12(17,8-11(15)16)9-13(2,3)4/h17H,5-9H2,1-4H3/t12-/m1/s1. The summed E-state index contributed by atoms with van der Waals surface area (Å²) in [7, 11) is 5.40. The molecule has 0 bridgehead atoms. The minimum Gasteiger partial charge on any atom is -0.550 e. The topological polar surface area (TPSA) is 77.4 Å².